The number of urea groups is 1. The van der Waals surface area contributed by atoms with Crippen molar-refractivity contribution < 1.29 is 14.3 Å². The Kier molecular flexibility index (Phi) is 6.52. The van der Waals surface area contributed by atoms with Crippen LogP contribution in [0.1, 0.15) is 24.2 Å². The molecule has 0 unspecified atom stereocenters. The lowest BCUT2D eigenvalue weighted by molar-refractivity contribution is 0.0938. The van der Waals surface area contributed by atoms with Crippen LogP contribution in [-0.4, -0.2) is 38.2 Å². The number of rotatable bonds is 6. The average Bonchev–Trinajstić information content (AvgIpc) is 2.38. The van der Waals surface area contributed by atoms with Gasteiger partial charge in [0.2, 0.25) is 0 Å². The number of para-hydroxylation sites is 1. The van der Waals surface area contributed by atoms with E-state index in [9.17, 15) is 9.59 Å². The zero-order valence-electron chi connectivity index (χ0n) is 12.0. The van der Waals surface area contributed by atoms with Gasteiger partial charge >= 0.3 is 6.03 Å². The molecule has 20 heavy (non-hydrogen) atoms. The van der Waals surface area contributed by atoms with Crippen LogP contribution in [0.25, 0.3) is 0 Å². The second-order valence-corrected chi connectivity index (χ2v) is 4.55. The van der Waals surface area contributed by atoms with Crippen LogP contribution in [0.15, 0.2) is 24.3 Å². The monoisotopic (exact) mass is 279 g/mol. The minimum absolute atomic E-state index is 0.0256. The van der Waals surface area contributed by atoms with Gasteiger partial charge in [-0.25, -0.2) is 4.79 Å². The van der Waals surface area contributed by atoms with E-state index in [0.29, 0.717) is 24.4 Å². The molecule has 6 nitrogen and oxygen atoms in total. The molecule has 1 aromatic carbocycles. The molecule has 0 saturated heterocycles. The number of hydrogen-bond donors (Lipinski definition) is 3. The van der Waals surface area contributed by atoms with E-state index in [4.69, 9.17) is 4.74 Å². The summed E-state index contributed by atoms with van der Waals surface area (Å²) >= 11 is 0. The van der Waals surface area contributed by atoms with E-state index in [2.05, 4.69) is 16.0 Å². The summed E-state index contributed by atoms with van der Waals surface area (Å²) in [4.78, 5) is 23.7. The van der Waals surface area contributed by atoms with Gasteiger partial charge in [-0.3, -0.25) is 4.79 Å². The molecule has 110 valence electrons. The van der Waals surface area contributed by atoms with Crippen molar-refractivity contribution in [3.05, 3.63) is 29.8 Å². The number of amides is 3. The Bertz CT molecular complexity index is 461. The van der Waals surface area contributed by atoms with Gasteiger partial charge in [-0.1, -0.05) is 12.1 Å². The van der Waals surface area contributed by atoms with Gasteiger partial charge in [-0.15, -0.1) is 0 Å². The third kappa shape index (κ3) is 5.27. The molecule has 0 fully saturated rings. The van der Waals surface area contributed by atoms with Gasteiger partial charge in [-0.2, -0.15) is 0 Å². The van der Waals surface area contributed by atoms with Crippen LogP contribution < -0.4 is 16.0 Å². The van der Waals surface area contributed by atoms with E-state index in [1.54, 1.807) is 31.4 Å². The van der Waals surface area contributed by atoms with Gasteiger partial charge in [0.05, 0.1) is 17.9 Å². The van der Waals surface area contributed by atoms with Crippen molar-refractivity contribution >= 4 is 17.6 Å². The Labute approximate surface area is 118 Å². The molecule has 1 aromatic rings. The Balaban J connectivity index is 2.72. The number of hydrogen-bond acceptors (Lipinski definition) is 3. The van der Waals surface area contributed by atoms with Crippen LogP contribution in [0, 0.1) is 0 Å². The zero-order valence-corrected chi connectivity index (χ0v) is 12.0. The number of methoxy groups -OCH3 is 1. The lowest BCUT2D eigenvalue weighted by Gasteiger charge is -2.13. The second kappa shape index (κ2) is 8.16. The normalized spacial score (nSPS) is 10.2. The van der Waals surface area contributed by atoms with Crippen molar-refractivity contribution in [3.8, 4) is 0 Å². The van der Waals surface area contributed by atoms with Crippen LogP contribution in [0.2, 0.25) is 0 Å². The number of ether oxygens (including phenoxy) is 1. The first kappa shape index (κ1) is 16.0. The molecule has 0 heterocycles. The molecule has 0 aromatic heterocycles. The molecule has 3 N–H and O–H groups in total. The Hall–Kier alpha value is -2.08. The Morgan fingerprint density at radius 2 is 1.95 bits per heavy atom. The number of benzene rings is 1. The quantitative estimate of drug-likeness (QED) is 0.692. The van der Waals surface area contributed by atoms with Crippen LogP contribution in [0.4, 0.5) is 10.5 Å². The van der Waals surface area contributed by atoms with Crippen molar-refractivity contribution in [3.63, 3.8) is 0 Å². The first-order chi connectivity index (χ1) is 9.54. The first-order valence-electron chi connectivity index (χ1n) is 6.48. The summed E-state index contributed by atoms with van der Waals surface area (Å²) in [7, 11) is 1.57. The minimum atomic E-state index is -0.336. The van der Waals surface area contributed by atoms with E-state index in [1.807, 2.05) is 13.8 Å². The van der Waals surface area contributed by atoms with Gasteiger partial charge < -0.3 is 20.7 Å². The summed E-state index contributed by atoms with van der Waals surface area (Å²) in [5, 5.41) is 8.10. The fourth-order valence-corrected chi connectivity index (χ4v) is 1.57. The molecule has 0 spiro atoms. The molecule has 0 aliphatic carbocycles. The molecule has 0 bridgehead atoms. The van der Waals surface area contributed by atoms with Crippen LogP contribution in [-0.2, 0) is 4.74 Å². The zero-order chi connectivity index (χ0) is 15.0. The lowest BCUT2D eigenvalue weighted by atomic mass is 10.1. The lowest BCUT2D eigenvalue weighted by Crippen LogP contribution is -2.35. The maximum absolute atomic E-state index is 12.0. The Morgan fingerprint density at radius 1 is 1.25 bits per heavy atom. The topological polar surface area (TPSA) is 79.5 Å². The van der Waals surface area contributed by atoms with Crippen molar-refractivity contribution in [1.29, 1.82) is 0 Å². The highest BCUT2D eigenvalue weighted by molar-refractivity contribution is 6.03. The van der Waals surface area contributed by atoms with Gasteiger partial charge in [0, 0.05) is 19.7 Å². The maximum atomic E-state index is 12.0. The second-order valence-electron chi connectivity index (χ2n) is 4.55. The van der Waals surface area contributed by atoms with Gasteiger partial charge in [0.1, 0.15) is 0 Å². The predicted octanol–water partition coefficient (Wildman–Crippen LogP) is 1.59. The fourth-order valence-electron chi connectivity index (χ4n) is 1.57. The molecule has 3 amide bonds. The summed E-state index contributed by atoms with van der Waals surface area (Å²) in [6.07, 6.45) is 0. The van der Waals surface area contributed by atoms with Gasteiger partial charge in [-0.05, 0) is 26.0 Å². The molecule has 1 rings (SSSR count). The van der Waals surface area contributed by atoms with Crippen molar-refractivity contribution in [1.82, 2.24) is 10.6 Å². The van der Waals surface area contributed by atoms with Crippen LogP contribution >= 0.6 is 0 Å². The highest BCUT2D eigenvalue weighted by Crippen LogP contribution is 2.14. The molecule has 0 aliphatic heterocycles. The number of nitrogens with one attached hydrogen (secondary N) is 3. The third-order valence-electron chi connectivity index (χ3n) is 2.43. The van der Waals surface area contributed by atoms with Crippen LogP contribution in [0.5, 0.6) is 0 Å². The smallest absolute Gasteiger partial charge is 0.319 e. The fraction of sp³-hybridized carbons (Fsp3) is 0.429. The number of anilines is 1. The molecule has 6 heteroatoms. The number of carbonyl (C=O) groups excluding carboxylic acids is 2. The van der Waals surface area contributed by atoms with Gasteiger partial charge in [0.15, 0.2) is 0 Å². The minimum Gasteiger partial charge on any atom is -0.383 e. The largest absolute Gasteiger partial charge is 0.383 e. The Morgan fingerprint density at radius 3 is 2.60 bits per heavy atom. The van der Waals surface area contributed by atoms with Crippen molar-refractivity contribution in [2.75, 3.05) is 25.6 Å². The van der Waals surface area contributed by atoms with E-state index in [0.717, 1.165) is 0 Å². The third-order valence-corrected chi connectivity index (χ3v) is 2.43. The van der Waals surface area contributed by atoms with Gasteiger partial charge in [0.25, 0.3) is 5.91 Å². The molecule has 0 aliphatic rings. The summed E-state index contributed by atoms with van der Waals surface area (Å²) in [5.74, 6) is -0.248. The van der Waals surface area contributed by atoms with E-state index in [-0.39, 0.29) is 18.0 Å². The molecule has 0 radical (unpaired) electrons. The summed E-state index contributed by atoms with van der Waals surface area (Å²) in [6, 6.07) is 6.54. The van der Waals surface area contributed by atoms with Crippen molar-refractivity contribution in [2.24, 2.45) is 0 Å². The molecule has 0 saturated carbocycles. The predicted molar refractivity (Wildman–Crippen MR) is 77.9 cm³/mol. The summed E-state index contributed by atoms with van der Waals surface area (Å²) < 4.78 is 4.87. The molecule has 0 atom stereocenters. The average molecular weight is 279 g/mol. The summed E-state index contributed by atoms with van der Waals surface area (Å²) in [5.41, 5.74) is 0.892. The maximum Gasteiger partial charge on any atom is 0.319 e. The SMILES string of the molecule is COCCNC(=O)c1ccccc1NC(=O)NC(C)C. The highest BCUT2D eigenvalue weighted by Gasteiger charge is 2.12. The standard InChI is InChI=1S/C14H21N3O3/c1-10(2)16-14(19)17-12-7-5-4-6-11(12)13(18)15-8-9-20-3/h4-7,10H,8-9H2,1-3H3,(H,15,18)(H2,16,17,19). The van der Waals surface area contributed by atoms with Crippen LogP contribution in [0.3, 0.4) is 0 Å². The van der Waals surface area contributed by atoms with E-state index >= 15 is 0 Å². The van der Waals surface area contributed by atoms with E-state index in [1.165, 1.54) is 0 Å². The summed E-state index contributed by atoms with van der Waals surface area (Å²) in [6.45, 7) is 4.59. The molecular formula is C14H21N3O3. The number of carbonyl (C=O) groups is 2. The van der Waals surface area contributed by atoms with Crippen molar-refractivity contribution in [2.45, 2.75) is 19.9 Å². The van der Waals surface area contributed by atoms with E-state index < -0.39 is 0 Å². The highest BCUT2D eigenvalue weighted by atomic mass is 16.5. The molecular weight excluding hydrogens is 258 g/mol. The first-order valence-corrected chi connectivity index (χ1v) is 6.48.